The Labute approximate surface area is 104 Å². The number of carboxylic acid groups (broad SMARTS) is 1. The van der Waals surface area contributed by atoms with Gasteiger partial charge >= 0.3 is 5.97 Å². The summed E-state index contributed by atoms with van der Waals surface area (Å²) in [5.41, 5.74) is -0.347. The van der Waals surface area contributed by atoms with Crippen molar-refractivity contribution in [3.63, 3.8) is 0 Å². The molecule has 0 radical (unpaired) electrons. The van der Waals surface area contributed by atoms with Gasteiger partial charge in [-0.15, -0.1) is 0 Å². The van der Waals surface area contributed by atoms with Crippen molar-refractivity contribution in [1.82, 2.24) is 4.90 Å². The molecule has 0 fully saturated rings. The van der Waals surface area contributed by atoms with Crippen molar-refractivity contribution in [2.75, 3.05) is 24.6 Å². The monoisotopic (exact) mass is 265 g/mol. The first kappa shape index (κ1) is 16.4. The van der Waals surface area contributed by atoms with Crippen LogP contribution in [-0.4, -0.2) is 54.5 Å². The fraction of sp³-hybridized carbons (Fsp3) is 0.909. The molecule has 0 aliphatic rings. The van der Waals surface area contributed by atoms with E-state index in [1.807, 2.05) is 27.7 Å². The number of sulfone groups is 1. The van der Waals surface area contributed by atoms with Crippen molar-refractivity contribution in [3.05, 3.63) is 0 Å². The van der Waals surface area contributed by atoms with Crippen molar-refractivity contribution in [2.45, 2.75) is 39.7 Å². The Morgan fingerprint density at radius 2 is 1.76 bits per heavy atom. The molecular formula is C11H23NO4S. The minimum atomic E-state index is -3.06. The van der Waals surface area contributed by atoms with Gasteiger partial charge in [-0.2, -0.15) is 0 Å². The molecule has 6 heteroatoms. The molecule has 1 N–H and O–H groups in total. The van der Waals surface area contributed by atoms with E-state index in [-0.39, 0.29) is 30.1 Å². The molecule has 0 rings (SSSR count). The predicted molar refractivity (Wildman–Crippen MR) is 67.9 cm³/mol. The standard InChI is InChI=1S/C11H23NO4S/c1-5-7-17(15,16)8-6-12(9-10(13)14)11(2,3)4/h5-9H2,1-4H3,(H,13,14). The highest BCUT2D eigenvalue weighted by atomic mass is 32.2. The van der Waals surface area contributed by atoms with Gasteiger partial charge in [0.1, 0.15) is 0 Å². The molecule has 0 aromatic rings. The van der Waals surface area contributed by atoms with Crippen LogP contribution in [0.25, 0.3) is 0 Å². The fourth-order valence-corrected chi connectivity index (χ4v) is 2.80. The third-order valence-electron chi connectivity index (χ3n) is 2.46. The van der Waals surface area contributed by atoms with Gasteiger partial charge in [-0.3, -0.25) is 9.69 Å². The molecule has 5 nitrogen and oxygen atoms in total. The fourth-order valence-electron chi connectivity index (χ4n) is 1.48. The van der Waals surface area contributed by atoms with E-state index >= 15 is 0 Å². The number of rotatable bonds is 7. The third kappa shape index (κ3) is 7.33. The largest absolute Gasteiger partial charge is 0.480 e. The molecule has 0 aliphatic heterocycles. The lowest BCUT2D eigenvalue weighted by Gasteiger charge is -2.34. The van der Waals surface area contributed by atoms with Crippen molar-refractivity contribution >= 4 is 15.8 Å². The number of carbonyl (C=O) groups is 1. The maximum atomic E-state index is 11.6. The minimum absolute atomic E-state index is 0.0192. The maximum Gasteiger partial charge on any atom is 0.317 e. The lowest BCUT2D eigenvalue weighted by Crippen LogP contribution is -2.46. The van der Waals surface area contributed by atoms with Crippen LogP contribution in [0.4, 0.5) is 0 Å². The molecule has 0 spiro atoms. The van der Waals surface area contributed by atoms with Crippen LogP contribution >= 0.6 is 0 Å². The van der Waals surface area contributed by atoms with Gasteiger partial charge in [0.25, 0.3) is 0 Å². The Morgan fingerprint density at radius 3 is 2.12 bits per heavy atom. The van der Waals surface area contributed by atoms with Crippen molar-refractivity contribution < 1.29 is 18.3 Å². The molecule has 0 atom stereocenters. The second kappa shape index (κ2) is 6.35. The van der Waals surface area contributed by atoms with Crippen LogP contribution in [0.3, 0.4) is 0 Å². The van der Waals surface area contributed by atoms with Crippen LogP contribution in [0.15, 0.2) is 0 Å². The summed E-state index contributed by atoms with van der Waals surface area (Å²) in [6, 6.07) is 0. The third-order valence-corrected chi connectivity index (χ3v) is 4.30. The van der Waals surface area contributed by atoms with Gasteiger partial charge in [0, 0.05) is 17.8 Å². The molecule has 0 aliphatic carbocycles. The zero-order valence-corrected chi connectivity index (χ0v) is 11.9. The lowest BCUT2D eigenvalue weighted by molar-refractivity contribution is -0.139. The Bertz CT molecular complexity index is 343. The van der Waals surface area contributed by atoms with Gasteiger partial charge in [0.05, 0.1) is 12.3 Å². The van der Waals surface area contributed by atoms with E-state index in [9.17, 15) is 13.2 Å². The molecule has 0 aromatic carbocycles. The second-order valence-electron chi connectivity index (χ2n) is 5.14. The predicted octanol–water partition coefficient (Wildman–Crippen LogP) is 0.996. The Balaban J connectivity index is 4.52. The lowest BCUT2D eigenvalue weighted by atomic mass is 10.1. The number of hydrogen-bond acceptors (Lipinski definition) is 4. The van der Waals surface area contributed by atoms with Gasteiger partial charge in [-0.05, 0) is 27.2 Å². The molecule has 0 bridgehead atoms. The zero-order valence-electron chi connectivity index (χ0n) is 11.1. The van der Waals surface area contributed by atoms with Gasteiger partial charge in [-0.25, -0.2) is 8.42 Å². The number of nitrogens with zero attached hydrogens (tertiary/aromatic N) is 1. The van der Waals surface area contributed by atoms with Crippen LogP contribution in [-0.2, 0) is 14.6 Å². The van der Waals surface area contributed by atoms with Crippen LogP contribution in [0.1, 0.15) is 34.1 Å². The summed E-state index contributed by atoms with van der Waals surface area (Å²) < 4.78 is 23.1. The van der Waals surface area contributed by atoms with Crippen molar-refractivity contribution in [1.29, 1.82) is 0 Å². The van der Waals surface area contributed by atoms with Gasteiger partial charge < -0.3 is 5.11 Å². The summed E-state index contributed by atoms with van der Waals surface area (Å²) in [4.78, 5) is 12.4. The Morgan fingerprint density at radius 1 is 1.24 bits per heavy atom. The maximum absolute atomic E-state index is 11.6. The summed E-state index contributed by atoms with van der Waals surface area (Å²) in [7, 11) is -3.06. The number of aliphatic carboxylic acids is 1. The van der Waals surface area contributed by atoms with E-state index < -0.39 is 15.8 Å². The van der Waals surface area contributed by atoms with Crippen molar-refractivity contribution in [3.8, 4) is 0 Å². The SMILES string of the molecule is CCCS(=O)(=O)CCN(CC(=O)O)C(C)(C)C. The first-order valence-electron chi connectivity index (χ1n) is 5.76. The summed E-state index contributed by atoms with van der Waals surface area (Å²) in [5.74, 6) is -0.753. The topological polar surface area (TPSA) is 74.7 Å². The van der Waals surface area contributed by atoms with E-state index in [4.69, 9.17) is 5.11 Å². The Hall–Kier alpha value is -0.620. The summed E-state index contributed by atoms with van der Waals surface area (Å²) >= 11 is 0. The van der Waals surface area contributed by atoms with Crippen LogP contribution in [0.5, 0.6) is 0 Å². The quantitative estimate of drug-likeness (QED) is 0.743. The molecular weight excluding hydrogens is 242 g/mol. The molecule has 0 heterocycles. The number of carboxylic acids is 1. The second-order valence-corrected chi connectivity index (χ2v) is 7.44. The zero-order chi connectivity index (χ0) is 13.7. The van der Waals surface area contributed by atoms with Crippen LogP contribution in [0.2, 0.25) is 0 Å². The minimum Gasteiger partial charge on any atom is -0.480 e. The van der Waals surface area contributed by atoms with E-state index in [0.717, 1.165) is 0 Å². The van der Waals surface area contributed by atoms with Gasteiger partial charge in [0.15, 0.2) is 9.84 Å². The van der Waals surface area contributed by atoms with Crippen molar-refractivity contribution in [2.24, 2.45) is 0 Å². The molecule has 0 saturated heterocycles. The first-order chi connectivity index (χ1) is 7.58. The first-order valence-corrected chi connectivity index (χ1v) is 7.58. The molecule has 17 heavy (non-hydrogen) atoms. The molecule has 0 amide bonds. The highest BCUT2D eigenvalue weighted by Crippen LogP contribution is 2.13. The Kier molecular flexibility index (Phi) is 6.12. The molecule has 0 unspecified atom stereocenters. The highest BCUT2D eigenvalue weighted by molar-refractivity contribution is 7.91. The van der Waals surface area contributed by atoms with Crippen LogP contribution in [0, 0.1) is 0 Å². The average molecular weight is 265 g/mol. The number of hydrogen-bond donors (Lipinski definition) is 1. The highest BCUT2D eigenvalue weighted by Gasteiger charge is 2.24. The van der Waals surface area contributed by atoms with E-state index in [2.05, 4.69) is 0 Å². The molecule has 102 valence electrons. The smallest absolute Gasteiger partial charge is 0.317 e. The van der Waals surface area contributed by atoms with Gasteiger partial charge in [0.2, 0.25) is 0 Å². The molecule has 0 aromatic heterocycles. The average Bonchev–Trinajstić information content (AvgIpc) is 2.09. The van der Waals surface area contributed by atoms with E-state index in [1.54, 1.807) is 4.90 Å². The summed E-state index contributed by atoms with van der Waals surface area (Å²) in [6.45, 7) is 7.58. The normalized spacial score (nSPS) is 13.0. The van der Waals surface area contributed by atoms with Crippen LogP contribution < -0.4 is 0 Å². The van der Waals surface area contributed by atoms with E-state index in [0.29, 0.717) is 6.42 Å². The van der Waals surface area contributed by atoms with Gasteiger partial charge in [-0.1, -0.05) is 6.92 Å². The summed E-state index contributed by atoms with van der Waals surface area (Å²) in [6.07, 6.45) is 0.594. The molecule has 0 saturated carbocycles. The van der Waals surface area contributed by atoms with E-state index in [1.165, 1.54) is 0 Å². The summed E-state index contributed by atoms with van der Waals surface area (Å²) in [5, 5.41) is 8.79.